The quantitative estimate of drug-likeness (QED) is 0.243. The Morgan fingerprint density at radius 3 is 2.24 bits per heavy atom. The molecule has 0 spiro atoms. The van der Waals surface area contributed by atoms with E-state index in [1.165, 1.54) is 5.56 Å². The maximum absolute atomic E-state index is 13.7. The van der Waals surface area contributed by atoms with Gasteiger partial charge in [-0.1, -0.05) is 87.8 Å². The van der Waals surface area contributed by atoms with Crippen LogP contribution in [0.1, 0.15) is 50.3 Å². The molecule has 0 aliphatic rings. The van der Waals surface area contributed by atoms with E-state index in [2.05, 4.69) is 35.1 Å². The average Bonchev–Trinajstić information content (AvgIpc) is 2.90. The number of carbonyl (C=O) groups is 2. The summed E-state index contributed by atoms with van der Waals surface area (Å²) in [5, 5.41) is 3.64. The van der Waals surface area contributed by atoms with Gasteiger partial charge in [0.05, 0.1) is 4.47 Å². The van der Waals surface area contributed by atoms with Crippen molar-refractivity contribution in [2.24, 2.45) is 5.92 Å². The molecule has 0 bridgehead atoms. The number of ether oxygens (including phenoxy) is 1. The predicted octanol–water partition coefficient (Wildman–Crippen LogP) is 7.02. The Kier molecular flexibility index (Phi) is 11.2. The molecule has 3 rings (SSSR count). The lowest BCUT2D eigenvalue weighted by molar-refractivity contribution is -0.142. The van der Waals surface area contributed by atoms with Crippen LogP contribution < -0.4 is 10.1 Å². The molecule has 0 saturated carbocycles. The van der Waals surface area contributed by atoms with Gasteiger partial charge in [-0.15, -0.1) is 0 Å². The molecule has 7 heteroatoms. The van der Waals surface area contributed by atoms with Crippen molar-refractivity contribution in [3.8, 4) is 5.75 Å². The van der Waals surface area contributed by atoms with Crippen LogP contribution in [0, 0.1) is 5.92 Å². The number of nitrogens with one attached hydrogen (secondary N) is 1. The summed E-state index contributed by atoms with van der Waals surface area (Å²) in [7, 11) is 0. The minimum atomic E-state index is -0.713. The van der Waals surface area contributed by atoms with E-state index in [0.717, 1.165) is 15.6 Å². The zero-order valence-corrected chi connectivity index (χ0v) is 24.8. The zero-order chi connectivity index (χ0) is 27.7. The molecule has 38 heavy (non-hydrogen) atoms. The van der Waals surface area contributed by atoms with Crippen LogP contribution in [0.5, 0.6) is 5.75 Å². The minimum absolute atomic E-state index is 0.188. The molecule has 0 fully saturated rings. The molecule has 0 aromatic heterocycles. The first-order chi connectivity index (χ1) is 18.1. The van der Waals surface area contributed by atoms with E-state index in [1.807, 2.05) is 74.5 Å². The molecule has 0 unspecified atom stereocenters. The third kappa shape index (κ3) is 8.88. The molecule has 0 aliphatic carbocycles. The number of hydrogen-bond donors (Lipinski definition) is 1. The van der Waals surface area contributed by atoms with Crippen molar-refractivity contribution in [2.75, 3.05) is 13.2 Å². The van der Waals surface area contributed by atoms with Gasteiger partial charge in [-0.05, 0) is 68.7 Å². The highest BCUT2D eigenvalue weighted by Gasteiger charge is 2.31. The van der Waals surface area contributed by atoms with E-state index in [9.17, 15) is 9.59 Å². The van der Waals surface area contributed by atoms with Crippen molar-refractivity contribution in [2.45, 2.75) is 52.6 Å². The van der Waals surface area contributed by atoms with Gasteiger partial charge in [0.25, 0.3) is 5.91 Å². The van der Waals surface area contributed by atoms with Crippen molar-refractivity contribution in [1.82, 2.24) is 10.2 Å². The molecule has 1 N–H and O–H groups in total. The van der Waals surface area contributed by atoms with Crippen LogP contribution in [0.3, 0.4) is 0 Å². The lowest BCUT2D eigenvalue weighted by Crippen LogP contribution is -2.52. The summed E-state index contributed by atoms with van der Waals surface area (Å²) in [6.45, 7) is 8.90. The summed E-state index contributed by atoms with van der Waals surface area (Å²) in [6, 6.07) is 22.2. The smallest absolute Gasteiger partial charge is 0.261 e. The molecule has 5 nitrogen and oxygen atoms in total. The van der Waals surface area contributed by atoms with Gasteiger partial charge < -0.3 is 15.0 Å². The van der Waals surface area contributed by atoms with E-state index in [4.69, 9.17) is 16.3 Å². The number of amides is 2. The van der Waals surface area contributed by atoms with Gasteiger partial charge in [0.2, 0.25) is 5.91 Å². The van der Waals surface area contributed by atoms with Gasteiger partial charge in [0.15, 0.2) is 6.61 Å². The van der Waals surface area contributed by atoms with Crippen LogP contribution in [0.15, 0.2) is 77.3 Å². The van der Waals surface area contributed by atoms with E-state index in [0.29, 0.717) is 29.7 Å². The zero-order valence-electron chi connectivity index (χ0n) is 22.4. The lowest BCUT2D eigenvalue weighted by atomic mass is 10.0. The highest BCUT2D eigenvalue weighted by atomic mass is 79.9. The second-order valence-electron chi connectivity index (χ2n) is 10.1. The molecule has 0 radical (unpaired) electrons. The van der Waals surface area contributed by atoms with Gasteiger partial charge in [-0.2, -0.15) is 0 Å². The van der Waals surface area contributed by atoms with E-state index in [-0.39, 0.29) is 30.9 Å². The van der Waals surface area contributed by atoms with Crippen molar-refractivity contribution in [1.29, 1.82) is 0 Å². The summed E-state index contributed by atoms with van der Waals surface area (Å²) >= 11 is 9.66. The van der Waals surface area contributed by atoms with Gasteiger partial charge in [0.1, 0.15) is 11.8 Å². The molecule has 0 heterocycles. The Morgan fingerprint density at radius 2 is 1.63 bits per heavy atom. The topological polar surface area (TPSA) is 58.6 Å². The van der Waals surface area contributed by atoms with Crippen LogP contribution in [-0.4, -0.2) is 35.9 Å². The molecule has 3 aromatic rings. The maximum atomic E-state index is 13.7. The number of benzene rings is 3. The largest absolute Gasteiger partial charge is 0.483 e. The van der Waals surface area contributed by atoms with Gasteiger partial charge in [0, 0.05) is 24.5 Å². The predicted molar refractivity (Wildman–Crippen MR) is 158 cm³/mol. The number of hydrogen-bond acceptors (Lipinski definition) is 3. The molecule has 0 aliphatic heterocycles. The molecular formula is C31H36BrClN2O3. The van der Waals surface area contributed by atoms with Crippen LogP contribution in [0.4, 0.5) is 0 Å². The molecule has 2 amide bonds. The Hall–Kier alpha value is -2.83. The summed E-state index contributed by atoms with van der Waals surface area (Å²) in [4.78, 5) is 28.8. The van der Waals surface area contributed by atoms with E-state index < -0.39 is 6.04 Å². The van der Waals surface area contributed by atoms with Gasteiger partial charge in [-0.3, -0.25) is 9.59 Å². The van der Waals surface area contributed by atoms with Crippen molar-refractivity contribution in [3.05, 3.63) is 99.0 Å². The summed E-state index contributed by atoms with van der Waals surface area (Å²) < 4.78 is 6.75. The highest BCUT2D eigenvalue weighted by molar-refractivity contribution is 9.10. The summed E-state index contributed by atoms with van der Waals surface area (Å²) in [6.07, 6.45) is 0.386. The van der Waals surface area contributed by atoms with Crippen molar-refractivity contribution >= 4 is 39.3 Å². The first-order valence-corrected chi connectivity index (χ1v) is 14.1. The second kappa shape index (κ2) is 14.4. The molecule has 3 aromatic carbocycles. The third-order valence-corrected chi connectivity index (χ3v) is 7.07. The normalized spacial score (nSPS) is 11.9. The summed E-state index contributed by atoms with van der Waals surface area (Å²) in [5.41, 5.74) is 3.02. The Bertz CT molecular complexity index is 1200. The number of carbonyl (C=O) groups excluding carboxylic acids is 2. The van der Waals surface area contributed by atoms with Crippen LogP contribution >= 0.6 is 27.5 Å². The first-order valence-electron chi connectivity index (χ1n) is 12.9. The van der Waals surface area contributed by atoms with Crippen molar-refractivity contribution in [3.63, 3.8) is 0 Å². The first kappa shape index (κ1) is 29.7. The van der Waals surface area contributed by atoms with Crippen molar-refractivity contribution < 1.29 is 14.3 Å². The van der Waals surface area contributed by atoms with E-state index in [1.54, 1.807) is 17.0 Å². The van der Waals surface area contributed by atoms with Crippen LogP contribution in [0.2, 0.25) is 5.02 Å². The third-order valence-electron chi connectivity index (χ3n) is 6.20. The van der Waals surface area contributed by atoms with Crippen LogP contribution in [0.25, 0.3) is 0 Å². The average molecular weight is 600 g/mol. The maximum Gasteiger partial charge on any atom is 0.261 e. The fourth-order valence-corrected chi connectivity index (χ4v) is 4.62. The fraction of sp³-hybridized carbons (Fsp3) is 0.355. The number of rotatable bonds is 12. The Labute approximate surface area is 239 Å². The fourth-order valence-electron chi connectivity index (χ4n) is 3.98. The Morgan fingerprint density at radius 1 is 0.947 bits per heavy atom. The van der Waals surface area contributed by atoms with Crippen LogP contribution in [-0.2, 0) is 22.6 Å². The second-order valence-corrected chi connectivity index (χ2v) is 11.4. The molecule has 1 atom stereocenters. The molecule has 202 valence electrons. The number of nitrogens with zero attached hydrogens (tertiary/aromatic N) is 1. The lowest BCUT2D eigenvalue weighted by Gasteiger charge is -2.31. The van der Waals surface area contributed by atoms with E-state index >= 15 is 0 Å². The minimum Gasteiger partial charge on any atom is -0.483 e. The monoisotopic (exact) mass is 598 g/mol. The SMILES string of the molecule is CC(C)CNC(=O)[C@H](Cc1ccccc1)N(Cc1ccc(Cl)cc1)C(=O)COc1ccc(C(C)C)cc1Br. The molecular weight excluding hydrogens is 564 g/mol. The number of halogens is 2. The standard InChI is InChI=1S/C31H36BrClN2O3/c1-21(2)18-34-31(37)28(16-23-8-6-5-7-9-23)35(19-24-10-13-26(33)14-11-24)30(36)20-38-29-15-12-25(22(3)4)17-27(29)32/h5-15,17,21-22,28H,16,18-20H2,1-4H3,(H,34,37)/t28-/m0/s1. The Balaban J connectivity index is 1.89. The highest BCUT2D eigenvalue weighted by Crippen LogP contribution is 2.29. The summed E-state index contributed by atoms with van der Waals surface area (Å²) in [5.74, 6) is 0.775. The molecule has 0 saturated heterocycles. The van der Waals surface area contributed by atoms with Gasteiger partial charge in [-0.25, -0.2) is 0 Å². The van der Waals surface area contributed by atoms with Gasteiger partial charge >= 0.3 is 0 Å².